The van der Waals surface area contributed by atoms with Gasteiger partial charge in [-0.05, 0) is 36.2 Å². The van der Waals surface area contributed by atoms with Gasteiger partial charge in [0.05, 0.1) is 5.92 Å². The number of carbonyl (C=O) groups excluding carboxylic acids is 1. The molecule has 2 atom stereocenters. The third-order valence-corrected chi connectivity index (χ3v) is 2.88. The Morgan fingerprint density at radius 3 is 2.86 bits per heavy atom. The number of thiophene rings is 1. The minimum absolute atomic E-state index is 0.0429. The molecule has 14 heavy (non-hydrogen) atoms. The predicted molar refractivity (Wildman–Crippen MR) is 59.4 cm³/mol. The summed E-state index contributed by atoms with van der Waals surface area (Å²) in [5.74, 6) is -0.0448. The van der Waals surface area contributed by atoms with Gasteiger partial charge in [-0.2, -0.15) is 11.3 Å². The van der Waals surface area contributed by atoms with E-state index in [0.717, 1.165) is 5.56 Å². The molecule has 0 fully saturated rings. The Kier molecular flexibility index (Phi) is 4.10. The molecule has 0 saturated heterocycles. The molecule has 78 valence electrons. The van der Waals surface area contributed by atoms with Crippen molar-refractivity contribution in [3.05, 3.63) is 22.4 Å². The van der Waals surface area contributed by atoms with Crippen LogP contribution in [0.1, 0.15) is 25.3 Å². The first-order valence-corrected chi connectivity index (χ1v) is 5.62. The normalized spacial score (nSPS) is 14.8. The number of hydrogen-bond donors (Lipinski definition) is 2. The van der Waals surface area contributed by atoms with Crippen LogP contribution in [0.2, 0.25) is 0 Å². The van der Waals surface area contributed by atoms with Crippen LogP contribution in [0, 0.1) is 0 Å². The summed E-state index contributed by atoms with van der Waals surface area (Å²) in [7, 11) is 0. The predicted octanol–water partition coefficient (Wildman–Crippen LogP) is 1.32. The number of hydrogen-bond acceptors (Lipinski definition) is 3. The van der Waals surface area contributed by atoms with Crippen LogP contribution in [0.4, 0.5) is 0 Å². The highest BCUT2D eigenvalue weighted by Crippen LogP contribution is 2.18. The Morgan fingerprint density at radius 2 is 2.36 bits per heavy atom. The Bertz CT molecular complexity index is 284. The van der Waals surface area contributed by atoms with Gasteiger partial charge in [-0.25, -0.2) is 0 Å². The minimum Gasteiger partial charge on any atom is -0.352 e. The van der Waals surface area contributed by atoms with E-state index in [9.17, 15) is 4.79 Å². The number of rotatable bonds is 4. The highest BCUT2D eigenvalue weighted by molar-refractivity contribution is 7.08. The molecule has 0 radical (unpaired) electrons. The van der Waals surface area contributed by atoms with Crippen LogP contribution in [-0.4, -0.2) is 18.5 Å². The van der Waals surface area contributed by atoms with Crippen molar-refractivity contribution in [2.45, 2.75) is 25.8 Å². The first kappa shape index (κ1) is 11.2. The fraction of sp³-hybridized carbons (Fsp3) is 0.500. The third-order valence-electron chi connectivity index (χ3n) is 2.18. The third kappa shape index (κ3) is 2.82. The lowest BCUT2D eigenvalue weighted by atomic mass is 10.0. The summed E-state index contributed by atoms with van der Waals surface area (Å²) in [5, 5.41) is 6.83. The maximum Gasteiger partial charge on any atom is 0.227 e. The lowest BCUT2D eigenvalue weighted by Crippen LogP contribution is -2.39. The molecule has 1 amide bonds. The smallest absolute Gasteiger partial charge is 0.227 e. The molecule has 1 rings (SSSR count). The summed E-state index contributed by atoms with van der Waals surface area (Å²) in [4.78, 5) is 11.6. The van der Waals surface area contributed by atoms with Gasteiger partial charge in [0, 0.05) is 12.6 Å². The van der Waals surface area contributed by atoms with Crippen LogP contribution < -0.4 is 11.1 Å². The fourth-order valence-electron chi connectivity index (χ4n) is 1.10. The van der Waals surface area contributed by atoms with E-state index in [1.54, 1.807) is 11.3 Å². The Hall–Kier alpha value is -0.870. The van der Waals surface area contributed by atoms with Crippen LogP contribution in [0.25, 0.3) is 0 Å². The van der Waals surface area contributed by atoms with Crippen LogP contribution in [0.3, 0.4) is 0 Å². The topological polar surface area (TPSA) is 55.1 Å². The Balaban J connectivity index is 2.53. The molecule has 0 aromatic carbocycles. The average molecular weight is 212 g/mol. The first-order chi connectivity index (χ1) is 6.65. The highest BCUT2D eigenvalue weighted by atomic mass is 32.1. The van der Waals surface area contributed by atoms with E-state index in [1.807, 2.05) is 30.7 Å². The van der Waals surface area contributed by atoms with Gasteiger partial charge in [0.2, 0.25) is 5.91 Å². The van der Waals surface area contributed by atoms with E-state index in [2.05, 4.69) is 5.32 Å². The molecule has 1 unspecified atom stereocenters. The number of amides is 1. The molecule has 3 N–H and O–H groups in total. The zero-order chi connectivity index (χ0) is 10.6. The van der Waals surface area contributed by atoms with Crippen molar-refractivity contribution in [1.29, 1.82) is 0 Å². The average Bonchev–Trinajstić information content (AvgIpc) is 2.69. The molecule has 0 saturated carbocycles. The van der Waals surface area contributed by atoms with E-state index in [1.165, 1.54) is 0 Å². The van der Waals surface area contributed by atoms with Crippen molar-refractivity contribution in [1.82, 2.24) is 5.32 Å². The molecule has 3 nitrogen and oxygen atoms in total. The lowest BCUT2D eigenvalue weighted by molar-refractivity contribution is -0.122. The molecule has 1 aromatic heterocycles. The molecular formula is C10H16N2OS. The van der Waals surface area contributed by atoms with Gasteiger partial charge in [0.1, 0.15) is 0 Å². The van der Waals surface area contributed by atoms with Gasteiger partial charge in [-0.3, -0.25) is 4.79 Å². The van der Waals surface area contributed by atoms with Gasteiger partial charge in [-0.1, -0.05) is 0 Å². The Morgan fingerprint density at radius 1 is 1.64 bits per heavy atom. The van der Waals surface area contributed by atoms with Crippen LogP contribution in [0.15, 0.2) is 16.8 Å². The van der Waals surface area contributed by atoms with E-state index < -0.39 is 0 Å². The number of carbonyl (C=O) groups is 1. The van der Waals surface area contributed by atoms with Crippen molar-refractivity contribution in [3.8, 4) is 0 Å². The summed E-state index contributed by atoms with van der Waals surface area (Å²) in [5.41, 5.74) is 6.49. The molecule has 0 bridgehead atoms. The second kappa shape index (κ2) is 5.12. The SMILES string of the molecule is CC(C(=O)N[C@@H](C)CN)c1ccsc1. The quantitative estimate of drug-likeness (QED) is 0.790. The standard InChI is InChI=1S/C10H16N2OS/c1-7(5-11)12-10(13)8(2)9-3-4-14-6-9/h3-4,6-8H,5,11H2,1-2H3,(H,12,13)/t7-,8?/m0/s1. The molecule has 1 heterocycles. The number of nitrogens with one attached hydrogen (secondary N) is 1. The van der Waals surface area contributed by atoms with Crippen LogP contribution >= 0.6 is 11.3 Å². The fourth-order valence-corrected chi connectivity index (χ4v) is 1.85. The van der Waals surface area contributed by atoms with Crippen LogP contribution in [0.5, 0.6) is 0 Å². The van der Waals surface area contributed by atoms with Crippen LogP contribution in [-0.2, 0) is 4.79 Å². The molecule has 0 spiro atoms. The van der Waals surface area contributed by atoms with E-state index in [4.69, 9.17) is 5.73 Å². The van der Waals surface area contributed by atoms with Gasteiger partial charge < -0.3 is 11.1 Å². The second-order valence-corrected chi connectivity index (χ2v) is 4.20. The van der Waals surface area contributed by atoms with E-state index >= 15 is 0 Å². The van der Waals surface area contributed by atoms with Gasteiger partial charge in [0.15, 0.2) is 0 Å². The zero-order valence-electron chi connectivity index (χ0n) is 8.49. The summed E-state index contributed by atoms with van der Waals surface area (Å²) in [6.45, 7) is 4.28. The number of nitrogens with two attached hydrogens (primary N) is 1. The summed E-state index contributed by atoms with van der Waals surface area (Å²) in [6, 6.07) is 2.02. The van der Waals surface area contributed by atoms with Crippen molar-refractivity contribution in [2.75, 3.05) is 6.54 Å². The highest BCUT2D eigenvalue weighted by Gasteiger charge is 2.16. The molecule has 0 aliphatic carbocycles. The summed E-state index contributed by atoms with van der Waals surface area (Å²) in [6.07, 6.45) is 0. The maximum atomic E-state index is 11.6. The van der Waals surface area contributed by atoms with Crippen molar-refractivity contribution in [3.63, 3.8) is 0 Å². The van der Waals surface area contributed by atoms with Crippen molar-refractivity contribution >= 4 is 17.2 Å². The Labute approximate surface area is 88.3 Å². The van der Waals surface area contributed by atoms with Crippen molar-refractivity contribution in [2.24, 2.45) is 5.73 Å². The van der Waals surface area contributed by atoms with Gasteiger partial charge in [-0.15, -0.1) is 0 Å². The molecule has 4 heteroatoms. The molecular weight excluding hydrogens is 196 g/mol. The van der Waals surface area contributed by atoms with E-state index in [-0.39, 0.29) is 17.9 Å². The molecule has 0 aliphatic rings. The monoisotopic (exact) mass is 212 g/mol. The summed E-state index contributed by atoms with van der Waals surface area (Å²) >= 11 is 1.61. The zero-order valence-corrected chi connectivity index (χ0v) is 9.30. The maximum absolute atomic E-state index is 11.6. The summed E-state index contributed by atoms with van der Waals surface area (Å²) < 4.78 is 0. The molecule has 1 aromatic rings. The van der Waals surface area contributed by atoms with E-state index in [0.29, 0.717) is 6.54 Å². The van der Waals surface area contributed by atoms with Crippen molar-refractivity contribution < 1.29 is 4.79 Å². The minimum atomic E-state index is -0.0877. The second-order valence-electron chi connectivity index (χ2n) is 3.42. The van der Waals surface area contributed by atoms with Gasteiger partial charge in [0.25, 0.3) is 0 Å². The first-order valence-electron chi connectivity index (χ1n) is 4.67. The molecule has 0 aliphatic heterocycles. The largest absolute Gasteiger partial charge is 0.352 e. The lowest BCUT2D eigenvalue weighted by Gasteiger charge is -2.15. The van der Waals surface area contributed by atoms with Gasteiger partial charge >= 0.3 is 0 Å².